The second-order valence-corrected chi connectivity index (χ2v) is 3.84. The summed E-state index contributed by atoms with van der Waals surface area (Å²) in [7, 11) is 0. The van der Waals surface area contributed by atoms with E-state index in [1.54, 1.807) is 0 Å². The molecule has 0 atom stereocenters. The molecular weight excluding hydrogens is 172 g/mol. The number of benzene rings is 1. The van der Waals surface area contributed by atoms with Crippen LogP contribution < -0.4 is 0 Å². The molecule has 1 heteroatoms. The van der Waals surface area contributed by atoms with Crippen LogP contribution in [0.2, 0.25) is 0 Å². The maximum absolute atomic E-state index is 9.75. The molecule has 0 unspecified atom stereocenters. The molecule has 14 heavy (non-hydrogen) atoms. The molecule has 1 N–H and O–H groups in total. The molecule has 1 aliphatic carbocycles. The summed E-state index contributed by atoms with van der Waals surface area (Å²) < 4.78 is 0. The van der Waals surface area contributed by atoms with Gasteiger partial charge in [-0.2, -0.15) is 0 Å². The molecule has 1 aromatic rings. The Kier molecular flexibility index (Phi) is 2.58. The van der Waals surface area contributed by atoms with E-state index in [0.29, 0.717) is 5.75 Å². The lowest BCUT2D eigenvalue weighted by Crippen LogP contribution is -2.04. The number of rotatable bonds is 1. The minimum Gasteiger partial charge on any atom is -0.507 e. The minimum absolute atomic E-state index is 0.420. The highest BCUT2D eigenvalue weighted by molar-refractivity contribution is 5.63. The van der Waals surface area contributed by atoms with Crippen LogP contribution in [-0.2, 0) is 12.8 Å². The Morgan fingerprint density at radius 3 is 2.79 bits per heavy atom. The lowest BCUT2D eigenvalue weighted by Gasteiger charge is -2.18. The van der Waals surface area contributed by atoms with Crippen molar-refractivity contribution in [3.05, 3.63) is 34.9 Å². The van der Waals surface area contributed by atoms with Gasteiger partial charge in [-0.3, -0.25) is 0 Å². The second kappa shape index (κ2) is 3.87. The van der Waals surface area contributed by atoms with Crippen molar-refractivity contribution < 1.29 is 5.11 Å². The van der Waals surface area contributed by atoms with Crippen molar-refractivity contribution in [1.29, 1.82) is 0 Å². The van der Waals surface area contributed by atoms with Gasteiger partial charge < -0.3 is 5.11 Å². The number of aromatic hydroxyl groups is 1. The fourth-order valence-electron chi connectivity index (χ4n) is 2.20. The number of aryl methyl sites for hydroxylation is 1. The Bertz CT molecular complexity index is 364. The van der Waals surface area contributed by atoms with Gasteiger partial charge in [0.1, 0.15) is 5.75 Å². The van der Waals surface area contributed by atoms with Crippen molar-refractivity contribution >= 4 is 6.08 Å². The first kappa shape index (κ1) is 9.32. The Labute approximate surface area is 85.1 Å². The van der Waals surface area contributed by atoms with E-state index < -0.39 is 0 Å². The molecule has 0 bridgehead atoms. The maximum Gasteiger partial charge on any atom is 0.123 e. The normalized spacial score (nSPS) is 15.8. The van der Waals surface area contributed by atoms with Crippen molar-refractivity contribution in [3.8, 4) is 5.75 Å². The number of hydrogen-bond donors (Lipinski definition) is 1. The van der Waals surface area contributed by atoms with Gasteiger partial charge in [0.05, 0.1) is 0 Å². The highest BCUT2D eigenvalue weighted by Gasteiger charge is 2.14. The molecule has 0 aliphatic heterocycles. The van der Waals surface area contributed by atoms with E-state index in [9.17, 15) is 5.11 Å². The summed E-state index contributed by atoms with van der Waals surface area (Å²) in [6.07, 6.45) is 8.82. The van der Waals surface area contributed by atoms with Gasteiger partial charge >= 0.3 is 0 Å². The van der Waals surface area contributed by atoms with Crippen molar-refractivity contribution in [2.24, 2.45) is 0 Å². The summed E-state index contributed by atoms with van der Waals surface area (Å²) >= 11 is 0. The molecule has 1 aromatic carbocycles. The van der Waals surface area contributed by atoms with Gasteiger partial charge in [0.25, 0.3) is 0 Å². The molecular formula is C13H16O. The summed E-state index contributed by atoms with van der Waals surface area (Å²) in [6, 6.07) is 3.89. The third kappa shape index (κ3) is 1.54. The molecule has 74 valence electrons. The zero-order valence-corrected chi connectivity index (χ0v) is 8.59. The first-order chi connectivity index (χ1) is 6.83. The highest BCUT2D eigenvalue weighted by Crippen LogP contribution is 2.31. The molecule has 1 aliphatic rings. The zero-order chi connectivity index (χ0) is 9.97. The average molecular weight is 188 g/mol. The highest BCUT2D eigenvalue weighted by atomic mass is 16.3. The van der Waals surface area contributed by atoms with Crippen LogP contribution in [-0.4, -0.2) is 5.11 Å². The van der Waals surface area contributed by atoms with Gasteiger partial charge in [0.15, 0.2) is 0 Å². The van der Waals surface area contributed by atoms with Crippen LogP contribution >= 0.6 is 0 Å². The lowest BCUT2D eigenvalue weighted by molar-refractivity contribution is 0.472. The number of phenolic OH excluding ortho intramolecular Hbond substituents is 1. The third-order valence-corrected chi connectivity index (χ3v) is 2.89. The van der Waals surface area contributed by atoms with Gasteiger partial charge in [0, 0.05) is 5.56 Å². The van der Waals surface area contributed by atoms with E-state index >= 15 is 0 Å². The predicted molar refractivity (Wildman–Crippen MR) is 59.5 cm³/mol. The third-order valence-electron chi connectivity index (χ3n) is 2.89. The average Bonchev–Trinajstić information content (AvgIpc) is 2.23. The molecule has 0 spiro atoms. The Hall–Kier alpha value is -1.24. The Morgan fingerprint density at radius 1 is 1.21 bits per heavy atom. The van der Waals surface area contributed by atoms with E-state index in [1.165, 1.54) is 30.4 Å². The molecule has 0 saturated heterocycles. The number of allylic oxidation sites excluding steroid dienone is 1. The van der Waals surface area contributed by atoms with Crippen molar-refractivity contribution in [2.75, 3.05) is 0 Å². The van der Waals surface area contributed by atoms with Gasteiger partial charge in [-0.1, -0.05) is 18.2 Å². The molecule has 1 nitrogen and oxygen atoms in total. The molecule has 2 rings (SSSR count). The SMILES string of the molecule is CC=Cc1c(O)ccc2c1CCCC2. The summed E-state index contributed by atoms with van der Waals surface area (Å²) in [5.41, 5.74) is 3.81. The van der Waals surface area contributed by atoms with E-state index in [-0.39, 0.29) is 0 Å². The van der Waals surface area contributed by atoms with Crippen LogP contribution in [0.15, 0.2) is 18.2 Å². The first-order valence-electron chi connectivity index (χ1n) is 5.29. The number of hydrogen-bond acceptors (Lipinski definition) is 1. The fraction of sp³-hybridized carbons (Fsp3) is 0.385. The van der Waals surface area contributed by atoms with Crippen LogP contribution in [0.4, 0.5) is 0 Å². The van der Waals surface area contributed by atoms with Gasteiger partial charge in [-0.25, -0.2) is 0 Å². The second-order valence-electron chi connectivity index (χ2n) is 3.84. The Morgan fingerprint density at radius 2 is 2.00 bits per heavy atom. The summed E-state index contributed by atoms with van der Waals surface area (Å²) in [5.74, 6) is 0.420. The molecule has 0 heterocycles. The summed E-state index contributed by atoms with van der Waals surface area (Å²) in [5, 5.41) is 9.75. The first-order valence-corrected chi connectivity index (χ1v) is 5.29. The minimum atomic E-state index is 0.420. The van der Waals surface area contributed by atoms with Crippen LogP contribution in [0.1, 0.15) is 36.5 Å². The van der Waals surface area contributed by atoms with E-state index in [4.69, 9.17) is 0 Å². The molecule has 0 radical (unpaired) electrons. The number of fused-ring (bicyclic) bond motifs is 1. The van der Waals surface area contributed by atoms with Crippen molar-refractivity contribution in [1.82, 2.24) is 0 Å². The van der Waals surface area contributed by atoms with E-state index in [2.05, 4.69) is 6.07 Å². The zero-order valence-electron chi connectivity index (χ0n) is 8.59. The predicted octanol–water partition coefficient (Wildman–Crippen LogP) is 3.30. The maximum atomic E-state index is 9.75. The van der Waals surface area contributed by atoms with E-state index in [1.807, 2.05) is 25.1 Å². The summed E-state index contributed by atoms with van der Waals surface area (Å²) in [4.78, 5) is 0. The Balaban J connectivity index is 2.54. The molecule has 0 amide bonds. The van der Waals surface area contributed by atoms with Crippen molar-refractivity contribution in [3.63, 3.8) is 0 Å². The van der Waals surface area contributed by atoms with Gasteiger partial charge in [-0.05, 0) is 49.8 Å². The summed E-state index contributed by atoms with van der Waals surface area (Å²) in [6.45, 7) is 1.99. The van der Waals surface area contributed by atoms with Crippen LogP contribution in [0.25, 0.3) is 6.08 Å². The fourth-order valence-corrected chi connectivity index (χ4v) is 2.20. The molecule has 0 aromatic heterocycles. The molecule has 0 fully saturated rings. The molecule has 0 saturated carbocycles. The largest absolute Gasteiger partial charge is 0.507 e. The van der Waals surface area contributed by atoms with Crippen molar-refractivity contribution in [2.45, 2.75) is 32.6 Å². The quantitative estimate of drug-likeness (QED) is 0.717. The van der Waals surface area contributed by atoms with Crippen LogP contribution in [0, 0.1) is 0 Å². The topological polar surface area (TPSA) is 20.2 Å². The van der Waals surface area contributed by atoms with Gasteiger partial charge in [-0.15, -0.1) is 0 Å². The number of phenols is 1. The van der Waals surface area contributed by atoms with E-state index in [0.717, 1.165) is 12.0 Å². The standard InChI is InChI=1S/C13H16O/c1-2-5-12-11-7-4-3-6-10(11)8-9-13(12)14/h2,5,8-9,14H,3-4,6-7H2,1H3. The lowest BCUT2D eigenvalue weighted by atomic mass is 9.87. The van der Waals surface area contributed by atoms with Crippen LogP contribution in [0.5, 0.6) is 5.75 Å². The van der Waals surface area contributed by atoms with Crippen LogP contribution in [0.3, 0.4) is 0 Å². The smallest absolute Gasteiger partial charge is 0.123 e. The van der Waals surface area contributed by atoms with Gasteiger partial charge in [0.2, 0.25) is 0 Å². The monoisotopic (exact) mass is 188 g/mol.